The molecule has 5 heteroatoms. The maximum Gasteiger partial charge on any atom is 0.151 e. The number of anilines is 9. The molecule has 1 aliphatic carbocycles. The van der Waals surface area contributed by atoms with Crippen LogP contribution in [0.2, 0.25) is 0 Å². The molecule has 0 saturated carbocycles. The molecule has 4 nitrogen and oxygen atoms in total. The molecule has 11 aromatic rings. The van der Waals surface area contributed by atoms with Gasteiger partial charge in [-0.2, -0.15) is 0 Å². The minimum absolute atomic E-state index is 0.00285. The molecule has 0 N–H and O–H groups in total. The van der Waals surface area contributed by atoms with Crippen LogP contribution in [0.4, 0.5) is 51.2 Å². The standard InChI is InChI=1S/C77H71N3OS/c1-73(2,3)48-28-36-52(37-29-48)78(53-38-30-49(31-39-53)74(4,5)6)56-44-45-57-61(46-56)77(59-21-14-15-23-63(59)80-64-24-16-17-25-66(64)81-67-26-19-22-60(77)71(67)80)62-47-65(70-58-20-13-18-27-68(58)82-72(70)69(57)62)79(54-40-32-50(33-41-54)75(7,8)9)55-42-34-51(35-43-55)76(10,11)12/h13-47H,1-12H3. The molecular weight excluding hydrogens is 1010 g/mol. The van der Waals surface area contributed by atoms with Crippen LogP contribution in [0.5, 0.6) is 11.5 Å². The molecule has 3 heterocycles. The van der Waals surface area contributed by atoms with Crippen molar-refractivity contribution in [1.82, 2.24) is 0 Å². The summed E-state index contributed by atoms with van der Waals surface area (Å²) in [6.07, 6.45) is 0. The third kappa shape index (κ3) is 7.98. The lowest BCUT2D eigenvalue weighted by molar-refractivity contribution is 0.473. The largest absolute Gasteiger partial charge is 0.453 e. The van der Waals surface area contributed by atoms with Gasteiger partial charge in [-0.25, -0.2) is 0 Å². The van der Waals surface area contributed by atoms with E-state index in [1.807, 2.05) is 11.3 Å². The smallest absolute Gasteiger partial charge is 0.151 e. The molecule has 1 spiro atoms. The minimum Gasteiger partial charge on any atom is -0.453 e. The number of benzene rings is 10. The molecule has 1 aromatic heterocycles. The molecule has 0 radical (unpaired) electrons. The van der Waals surface area contributed by atoms with Gasteiger partial charge in [-0.05, 0) is 169 Å². The van der Waals surface area contributed by atoms with E-state index in [0.717, 1.165) is 62.7 Å². The van der Waals surface area contributed by atoms with E-state index in [0.29, 0.717) is 0 Å². The third-order valence-electron chi connectivity index (χ3n) is 17.7. The Balaban J connectivity index is 1.12. The number of ether oxygens (including phenoxy) is 1. The molecule has 1 atom stereocenters. The number of nitrogens with zero attached hydrogens (tertiary/aromatic N) is 3. The van der Waals surface area contributed by atoms with Gasteiger partial charge in [-0.1, -0.05) is 198 Å². The summed E-state index contributed by atoms with van der Waals surface area (Å²) in [5.41, 5.74) is 21.7. The van der Waals surface area contributed by atoms with Crippen molar-refractivity contribution >= 4 is 82.7 Å². The predicted molar refractivity (Wildman–Crippen MR) is 349 cm³/mol. The van der Waals surface area contributed by atoms with E-state index in [1.54, 1.807) is 0 Å². The van der Waals surface area contributed by atoms with Gasteiger partial charge in [0.05, 0.1) is 28.2 Å². The Hall–Kier alpha value is -8.38. The van der Waals surface area contributed by atoms with Crippen LogP contribution < -0.4 is 19.4 Å². The zero-order chi connectivity index (χ0) is 56.8. The van der Waals surface area contributed by atoms with Gasteiger partial charge in [-0.15, -0.1) is 11.3 Å². The lowest BCUT2D eigenvalue weighted by Gasteiger charge is -2.47. The van der Waals surface area contributed by atoms with Crippen LogP contribution in [0, 0.1) is 0 Å². The Morgan fingerprint density at radius 3 is 1.41 bits per heavy atom. The SMILES string of the molecule is CC(C)(C)c1ccc(N(c2ccc(C(C)(C)C)cc2)c2ccc3c(c2)C2(c4ccccc4N4c5ccccc5Oc5cccc2c54)c2cc(N(c4ccc(C(C)(C)C)cc4)c4ccc(C(C)(C)C)cc4)c4c(sc5ccccc54)c2-3)cc1. The van der Waals surface area contributed by atoms with E-state index in [1.165, 1.54) is 75.8 Å². The quantitative estimate of drug-likeness (QED) is 0.165. The van der Waals surface area contributed by atoms with Crippen LogP contribution in [0.25, 0.3) is 31.3 Å². The van der Waals surface area contributed by atoms with E-state index < -0.39 is 5.41 Å². The van der Waals surface area contributed by atoms with E-state index in [9.17, 15) is 0 Å². The van der Waals surface area contributed by atoms with Gasteiger partial charge in [0.1, 0.15) is 0 Å². The molecule has 10 aromatic carbocycles. The molecule has 0 saturated heterocycles. The van der Waals surface area contributed by atoms with Gasteiger partial charge in [-0.3, -0.25) is 0 Å². The minimum atomic E-state index is -0.830. The van der Waals surface area contributed by atoms with E-state index >= 15 is 0 Å². The Morgan fingerprint density at radius 2 is 0.854 bits per heavy atom. The van der Waals surface area contributed by atoms with Crippen LogP contribution in [0.3, 0.4) is 0 Å². The van der Waals surface area contributed by atoms with Crippen molar-refractivity contribution in [2.24, 2.45) is 0 Å². The molecule has 0 bridgehead atoms. The Morgan fingerprint density at radius 1 is 0.390 bits per heavy atom. The zero-order valence-corrected chi connectivity index (χ0v) is 50.2. The van der Waals surface area contributed by atoms with Gasteiger partial charge in [0.15, 0.2) is 11.5 Å². The summed E-state index contributed by atoms with van der Waals surface area (Å²) in [6, 6.07) is 80.7. The summed E-state index contributed by atoms with van der Waals surface area (Å²) in [5.74, 6) is 1.69. The van der Waals surface area contributed by atoms with Crippen LogP contribution in [0.15, 0.2) is 212 Å². The topological polar surface area (TPSA) is 19.0 Å². The Labute approximate surface area is 488 Å². The van der Waals surface area contributed by atoms with Crippen LogP contribution in [0.1, 0.15) is 128 Å². The Kier molecular flexibility index (Phi) is 11.6. The average molecular weight is 1090 g/mol. The van der Waals surface area contributed by atoms with Crippen molar-refractivity contribution in [1.29, 1.82) is 0 Å². The van der Waals surface area contributed by atoms with E-state index in [-0.39, 0.29) is 21.7 Å². The third-order valence-corrected chi connectivity index (χ3v) is 18.9. The average Bonchev–Trinajstić information content (AvgIpc) is 1.49. The van der Waals surface area contributed by atoms with E-state index in [4.69, 9.17) is 4.74 Å². The number of fused-ring (bicyclic) bond motifs is 15. The molecule has 14 rings (SSSR count). The highest BCUT2D eigenvalue weighted by molar-refractivity contribution is 7.26. The molecule has 1 unspecified atom stereocenters. The highest BCUT2D eigenvalue weighted by Crippen LogP contribution is 2.69. The second-order valence-electron chi connectivity index (χ2n) is 27.0. The molecular formula is C77H71N3OS. The number of hydrogen-bond donors (Lipinski definition) is 0. The Bertz CT molecular complexity index is 4220. The van der Waals surface area contributed by atoms with Crippen molar-refractivity contribution in [2.45, 2.75) is 110 Å². The normalized spacial score (nSPS) is 15.2. The maximum absolute atomic E-state index is 7.06. The monoisotopic (exact) mass is 1090 g/mol. The van der Waals surface area contributed by atoms with Gasteiger partial charge >= 0.3 is 0 Å². The molecule has 0 amide bonds. The second kappa shape index (κ2) is 18.3. The van der Waals surface area contributed by atoms with Crippen molar-refractivity contribution in [2.75, 3.05) is 14.7 Å². The molecule has 3 aliphatic rings. The van der Waals surface area contributed by atoms with Crippen molar-refractivity contribution in [3.05, 3.63) is 257 Å². The summed E-state index contributed by atoms with van der Waals surface area (Å²) in [4.78, 5) is 7.50. The lowest BCUT2D eigenvalue weighted by Crippen LogP contribution is -2.37. The van der Waals surface area contributed by atoms with Crippen LogP contribution in [-0.2, 0) is 27.1 Å². The summed E-state index contributed by atoms with van der Waals surface area (Å²) < 4.78 is 9.60. The summed E-state index contributed by atoms with van der Waals surface area (Å²) in [5, 5.41) is 2.51. The van der Waals surface area contributed by atoms with Crippen LogP contribution >= 0.6 is 11.3 Å². The maximum atomic E-state index is 7.06. The zero-order valence-electron chi connectivity index (χ0n) is 49.4. The van der Waals surface area contributed by atoms with Gasteiger partial charge < -0.3 is 19.4 Å². The fraction of sp³-hybridized carbons (Fsp3) is 0.221. The predicted octanol–water partition coefficient (Wildman–Crippen LogP) is 22.4. The van der Waals surface area contributed by atoms with E-state index in [2.05, 4.69) is 310 Å². The molecule has 406 valence electrons. The van der Waals surface area contributed by atoms with Gasteiger partial charge in [0, 0.05) is 54.2 Å². The first kappa shape index (κ1) is 51.7. The molecule has 82 heavy (non-hydrogen) atoms. The fourth-order valence-electron chi connectivity index (χ4n) is 13.3. The van der Waals surface area contributed by atoms with Crippen LogP contribution in [-0.4, -0.2) is 0 Å². The number of rotatable bonds is 6. The van der Waals surface area contributed by atoms with Crippen molar-refractivity contribution < 1.29 is 4.74 Å². The highest BCUT2D eigenvalue weighted by Gasteiger charge is 2.55. The molecule has 0 fully saturated rings. The second-order valence-corrected chi connectivity index (χ2v) is 28.1. The van der Waals surface area contributed by atoms with Gasteiger partial charge in [0.25, 0.3) is 0 Å². The lowest BCUT2D eigenvalue weighted by atomic mass is 9.64. The van der Waals surface area contributed by atoms with Crippen molar-refractivity contribution in [3.8, 4) is 22.6 Å². The van der Waals surface area contributed by atoms with Crippen molar-refractivity contribution in [3.63, 3.8) is 0 Å². The first-order valence-corrected chi connectivity index (χ1v) is 30.0. The fourth-order valence-corrected chi connectivity index (χ4v) is 14.6. The summed E-state index contributed by atoms with van der Waals surface area (Å²) >= 11 is 1.92. The number of para-hydroxylation sites is 4. The summed E-state index contributed by atoms with van der Waals surface area (Å²) in [6.45, 7) is 27.6. The molecule has 2 aliphatic heterocycles. The highest BCUT2D eigenvalue weighted by atomic mass is 32.1. The first-order chi connectivity index (χ1) is 39.2. The van der Waals surface area contributed by atoms with Gasteiger partial charge in [0.2, 0.25) is 0 Å². The summed E-state index contributed by atoms with van der Waals surface area (Å²) in [7, 11) is 0. The number of hydrogen-bond acceptors (Lipinski definition) is 5. The first-order valence-electron chi connectivity index (χ1n) is 29.2. The number of thiophene rings is 1.